The number of aromatic nitrogens is 2. The number of carbonyl (C=O) groups excluding carboxylic acids is 1. The second kappa shape index (κ2) is 6.10. The molecule has 0 bridgehead atoms. The van der Waals surface area contributed by atoms with Crippen molar-refractivity contribution in [1.29, 1.82) is 0 Å². The number of nitrogens with one attached hydrogen (secondary N) is 1. The molecular formula is C14H24N4O3S2. The van der Waals surface area contributed by atoms with Crippen LogP contribution in [0.15, 0.2) is 4.90 Å². The molecule has 130 valence electrons. The zero-order valence-electron chi connectivity index (χ0n) is 14.4. The molecular weight excluding hydrogens is 336 g/mol. The predicted molar refractivity (Wildman–Crippen MR) is 90.7 cm³/mol. The zero-order valence-corrected chi connectivity index (χ0v) is 16.0. The van der Waals surface area contributed by atoms with E-state index in [4.69, 9.17) is 0 Å². The van der Waals surface area contributed by atoms with Gasteiger partial charge in [0.2, 0.25) is 15.9 Å². The van der Waals surface area contributed by atoms with Gasteiger partial charge < -0.3 is 5.32 Å². The molecule has 1 unspecified atom stereocenters. The van der Waals surface area contributed by atoms with Gasteiger partial charge in [-0.15, -0.1) is 11.8 Å². The lowest BCUT2D eigenvalue weighted by molar-refractivity contribution is -0.125. The fourth-order valence-electron chi connectivity index (χ4n) is 2.57. The van der Waals surface area contributed by atoms with Gasteiger partial charge in [0.05, 0.1) is 17.3 Å². The van der Waals surface area contributed by atoms with E-state index in [1.807, 2.05) is 20.8 Å². The molecule has 7 nitrogen and oxygen atoms in total. The van der Waals surface area contributed by atoms with Gasteiger partial charge in [0, 0.05) is 18.3 Å². The van der Waals surface area contributed by atoms with Crippen LogP contribution in [-0.4, -0.2) is 51.6 Å². The number of hydrogen-bond acceptors (Lipinski definition) is 5. The molecule has 9 heteroatoms. The third kappa shape index (κ3) is 3.56. The summed E-state index contributed by atoms with van der Waals surface area (Å²) in [5, 5.41) is 7.05. The van der Waals surface area contributed by atoms with Crippen LogP contribution >= 0.6 is 11.8 Å². The van der Waals surface area contributed by atoms with Crippen molar-refractivity contribution in [2.45, 2.75) is 51.1 Å². The number of carbonyl (C=O) groups is 1. The highest BCUT2D eigenvalue weighted by molar-refractivity contribution is 8.00. The smallest absolute Gasteiger partial charge is 0.248 e. The number of aryl methyl sites for hydroxylation is 2. The first-order chi connectivity index (χ1) is 10.4. The standard InChI is InChI=1S/C14H24N4O3S2/c1-9-12(10(2)17(6)16-9)23(20,21)18-8-22-7-11(18)13(19)15-14(3,4)5/h11H,7-8H2,1-6H3,(H,15,19). The quantitative estimate of drug-likeness (QED) is 0.870. The lowest BCUT2D eigenvalue weighted by Crippen LogP contribution is -2.52. The van der Waals surface area contributed by atoms with E-state index >= 15 is 0 Å². The lowest BCUT2D eigenvalue weighted by Gasteiger charge is -2.27. The van der Waals surface area contributed by atoms with Crippen LogP contribution < -0.4 is 5.32 Å². The van der Waals surface area contributed by atoms with Gasteiger partial charge in [-0.05, 0) is 34.6 Å². The van der Waals surface area contributed by atoms with Crippen molar-refractivity contribution in [3.63, 3.8) is 0 Å². The lowest BCUT2D eigenvalue weighted by atomic mass is 10.1. The van der Waals surface area contributed by atoms with Crippen molar-refractivity contribution in [1.82, 2.24) is 19.4 Å². The van der Waals surface area contributed by atoms with Gasteiger partial charge in [0.15, 0.2) is 0 Å². The summed E-state index contributed by atoms with van der Waals surface area (Å²) in [5.74, 6) is 0.475. The molecule has 0 spiro atoms. The Morgan fingerprint density at radius 3 is 2.43 bits per heavy atom. The first kappa shape index (κ1) is 18.3. The third-order valence-electron chi connectivity index (χ3n) is 3.65. The minimum atomic E-state index is -3.76. The molecule has 1 aromatic heterocycles. The Bertz CT molecular complexity index is 719. The SMILES string of the molecule is Cc1nn(C)c(C)c1S(=O)(=O)N1CSCC1C(=O)NC(C)(C)C. The molecule has 0 aliphatic carbocycles. The van der Waals surface area contributed by atoms with Crippen LogP contribution in [0.1, 0.15) is 32.2 Å². The molecule has 0 saturated carbocycles. The maximum atomic E-state index is 13.0. The van der Waals surface area contributed by atoms with Gasteiger partial charge in [-0.3, -0.25) is 9.48 Å². The summed E-state index contributed by atoms with van der Waals surface area (Å²) in [4.78, 5) is 12.7. The summed E-state index contributed by atoms with van der Waals surface area (Å²) in [6.45, 7) is 9.03. The highest BCUT2D eigenvalue weighted by Crippen LogP contribution is 2.31. The molecule has 1 aliphatic rings. The van der Waals surface area contributed by atoms with Crippen LogP contribution in [-0.2, 0) is 21.9 Å². The summed E-state index contributed by atoms with van der Waals surface area (Å²) < 4.78 is 28.9. The number of hydrogen-bond donors (Lipinski definition) is 1. The molecule has 0 aromatic carbocycles. The number of nitrogens with zero attached hydrogens (tertiary/aromatic N) is 3. The van der Waals surface area contributed by atoms with Crippen LogP contribution in [0, 0.1) is 13.8 Å². The van der Waals surface area contributed by atoms with Gasteiger partial charge in [0.25, 0.3) is 0 Å². The Hall–Kier alpha value is -1.06. The summed E-state index contributed by atoms with van der Waals surface area (Å²) in [5.41, 5.74) is 0.631. The number of sulfonamides is 1. The van der Waals surface area contributed by atoms with Crippen LogP contribution in [0.3, 0.4) is 0 Å². The van der Waals surface area contributed by atoms with E-state index in [0.29, 0.717) is 17.1 Å². The van der Waals surface area contributed by atoms with E-state index < -0.39 is 21.6 Å². The number of rotatable bonds is 3. The Morgan fingerprint density at radius 2 is 1.96 bits per heavy atom. The average molecular weight is 361 g/mol. The van der Waals surface area contributed by atoms with Gasteiger partial charge in [-0.25, -0.2) is 8.42 Å². The number of amides is 1. The largest absolute Gasteiger partial charge is 0.350 e. The molecule has 2 heterocycles. The maximum absolute atomic E-state index is 13.0. The summed E-state index contributed by atoms with van der Waals surface area (Å²) in [7, 11) is -2.05. The maximum Gasteiger partial charge on any atom is 0.248 e. The highest BCUT2D eigenvalue weighted by atomic mass is 32.2. The van der Waals surface area contributed by atoms with E-state index in [1.165, 1.54) is 16.1 Å². The van der Waals surface area contributed by atoms with Crippen LogP contribution in [0.25, 0.3) is 0 Å². The van der Waals surface area contributed by atoms with E-state index in [0.717, 1.165) is 0 Å². The first-order valence-corrected chi connectivity index (χ1v) is 9.96. The van der Waals surface area contributed by atoms with E-state index in [9.17, 15) is 13.2 Å². The Balaban J connectivity index is 2.37. The Morgan fingerprint density at radius 1 is 1.35 bits per heavy atom. The van der Waals surface area contributed by atoms with Gasteiger partial charge in [-0.2, -0.15) is 9.40 Å². The Kier molecular flexibility index (Phi) is 4.85. The van der Waals surface area contributed by atoms with E-state index in [1.54, 1.807) is 25.6 Å². The van der Waals surface area contributed by atoms with Crippen molar-refractivity contribution in [2.24, 2.45) is 7.05 Å². The van der Waals surface area contributed by atoms with Gasteiger partial charge in [-0.1, -0.05) is 0 Å². The molecule has 1 atom stereocenters. The van der Waals surface area contributed by atoms with Crippen molar-refractivity contribution >= 4 is 27.7 Å². The molecule has 1 saturated heterocycles. The zero-order chi connectivity index (χ0) is 17.6. The molecule has 1 aromatic rings. The van der Waals surface area contributed by atoms with E-state index in [-0.39, 0.29) is 16.7 Å². The van der Waals surface area contributed by atoms with Crippen molar-refractivity contribution in [2.75, 3.05) is 11.6 Å². The second-order valence-corrected chi connectivity index (χ2v) is 9.60. The minimum absolute atomic E-state index is 0.205. The molecule has 1 N–H and O–H groups in total. The summed E-state index contributed by atoms with van der Waals surface area (Å²) in [6, 6.07) is -0.691. The first-order valence-electron chi connectivity index (χ1n) is 7.37. The van der Waals surface area contributed by atoms with Crippen LogP contribution in [0.2, 0.25) is 0 Å². The normalized spacial score (nSPS) is 20.0. The molecule has 1 amide bonds. The van der Waals surface area contributed by atoms with Gasteiger partial charge in [0.1, 0.15) is 10.9 Å². The number of thioether (sulfide) groups is 1. The molecule has 0 radical (unpaired) electrons. The highest BCUT2D eigenvalue weighted by Gasteiger charge is 2.42. The monoisotopic (exact) mass is 360 g/mol. The fraction of sp³-hybridized carbons (Fsp3) is 0.714. The third-order valence-corrected chi connectivity index (χ3v) is 6.94. The topological polar surface area (TPSA) is 84.3 Å². The predicted octanol–water partition coefficient (Wildman–Crippen LogP) is 1.02. The molecule has 2 rings (SSSR count). The fourth-order valence-corrected chi connectivity index (χ4v) is 6.12. The van der Waals surface area contributed by atoms with Crippen molar-refractivity contribution < 1.29 is 13.2 Å². The summed E-state index contributed by atoms with van der Waals surface area (Å²) in [6.07, 6.45) is 0. The van der Waals surface area contributed by atoms with Gasteiger partial charge >= 0.3 is 0 Å². The Labute approximate surface area is 141 Å². The average Bonchev–Trinajstić information content (AvgIpc) is 2.94. The second-order valence-electron chi connectivity index (χ2n) is 6.77. The van der Waals surface area contributed by atoms with Crippen LogP contribution in [0.4, 0.5) is 0 Å². The molecule has 23 heavy (non-hydrogen) atoms. The molecule has 1 aliphatic heterocycles. The van der Waals surface area contributed by atoms with E-state index in [2.05, 4.69) is 10.4 Å². The summed E-state index contributed by atoms with van der Waals surface area (Å²) >= 11 is 1.44. The van der Waals surface area contributed by atoms with Crippen molar-refractivity contribution in [3.8, 4) is 0 Å². The molecule has 1 fully saturated rings. The van der Waals surface area contributed by atoms with Crippen LogP contribution in [0.5, 0.6) is 0 Å². The van der Waals surface area contributed by atoms with Crippen molar-refractivity contribution in [3.05, 3.63) is 11.4 Å². The minimum Gasteiger partial charge on any atom is -0.350 e.